The van der Waals surface area contributed by atoms with E-state index in [0.717, 1.165) is 0 Å². The topological polar surface area (TPSA) is 76.7 Å². The Labute approximate surface area is 101 Å². The van der Waals surface area contributed by atoms with E-state index in [9.17, 15) is 9.59 Å². The second-order valence-electron chi connectivity index (χ2n) is 3.27. The number of amides is 1. The molecule has 0 atom stereocenters. The fraction of sp³-hybridized carbons (Fsp3) is 0.636. The molecule has 0 aliphatic rings. The zero-order valence-electron chi connectivity index (χ0n) is 10.4. The molecule has 6 nitrogen and oxygen atoms in total. The van der Waals surface area contributed by atoms with Crippen LogP contribution in [0.25, 0.3) is 0 Å². The van der Waals surface area contributed by atoms with Gasteiger partial charge in [-0.2, -0.15) is 0 Å². The molecule has 0 rings (SSSR count). The first-order valence-corrected chi connectivity index (χ1v) is 5.43. The van der Waals surface area contributed by atoms with Gasteiger partial charge < -0.3 is 20.1 Å². The van der Waals surface area contributed by atoms with Gasteiger partial charge in [0, 0.05) is 25.8 Å². The maximum atomic E-state index is 11.2. The largest absolute Gasteiger partial charge is 0.463 e. The first-order chi connectivity index (χ1) is 8.11. The van der Waals surface area contributed by atoms with Gasteiger partial charge in [-0.1, -0.05) is 6.58 Å². The minimum absolute atomic E-state index is 0.127. The van der Waals surface area contributed by atoms with Gasteiger partial charge in [0.25, 0.3) is 0 Å². The molecule has 0 aliphatic carbocycles. The third-order valence-electron chi connectivity index (χ3n) is 1.82. The molecule has 2 N–H and O–H groups in total. The van der Waals surface area contributed by atoms with Crippen LogP contribution in [0.15, 0.2) is 12.2 Å². The zero-order valence-corrected chi connectivity index (χ0v) is 10.4. The smallest absolute Gasteiger partial charge is 0.334 e. The molecular weight excluding hydrogens is 224 g/mol. The van der Waals surface area contributed by atoms with Crippen LogP contribution >= 0.6 is 0 Å². The van der Waals surface area contributed by atoms with Gasteiger partial charge >= 0.3 is 5.97 Å². The van der Waals surface area contributed by atoms with Gasteiger partial charge in [-0.05, 0) is 6.92 Å². The average Bonchev–Trinajstić information content (AvgIpc) is 2.29. The molecule has 0 aromatic carbocycles. The Hall–Kier alpha value is -1.40. The summed E-state index contributed by atoms with van der Waals surface area (Å²) in [6.07, 6.45) is 0. The summed E-state index contributed by atoms with van der Waals surface area (Å²) in [6, 6.07) is 0. The molecule has 6 heteroatoms. The Balaban J connectivity index is 3.58. The van der Waals surface area contributed by atoms with Crippen molar-refractivity contribution in [1.29, 1.82) is 0 Å². The monoisotopic (exact) mass is 244 g/mol. The number of hydrogen-bond acceptors (Lipinski definition) is 5. The van der Waals surface area contributed by atoms with Gasteiger partial charge in [-0.25, -0.2) is 4.79 Å². The molecule has 1 amide bonds. The first kappa shape index (κ1) is 15.6. The molecule has 0 spiro atoms. The number of rotatable bonds is 9. The van der Waals surface area contributed by atoms with E-state index in [1.54, 1.807) is 14.0 Å². The Morgan fingerprint density at radius 3 is 2.59 bits per heavy atom. The lowest BCUT2D eigenvalue weighted by molar-refractivity contribution is -0.138. The highest BCUT2D eigenvalue weighted by Crippen LogP contribution is 1.92. The summed E-state index contributed by atoms with van der Waals surface area (Å²) in [5, 5.41) is 5.44. The molecule has 0 saturated carbocycles. The van der Waals surface area contributed by atoms with E-state index in [1.807, 2.05) is 0 Å². The molecule has 0 unspecified atom stereocenters. The second-order valence-corrected chi connectivity index (χ2v) is 3.27. The molecule has 0 radical (unpaired) electrons. The van der Waals surface area contributed by atoms with Crippen molar-refractivity contribution in [3.63, 3.8) is 0 Å². The van der Waals surface area contributed by atoms with Crippen LogP contribution in [0.2, 0.25) is 0 Å². The second kappa shape index (κ2) is 9.80. The Bertz CT molecular complexity index is 266. The summed E-state index contributed by atoms with van der Waals surface area (Å²) >= 11 is 0. The van der Waals surface area contributed by atoms with Crippen molar-refractivity contribution >= 4 is 11.9 Å². The molecule has 0 fully saturated rings. The molecule has 0 saturated heterocycles. The van der Waals surface area contributed by atoms with E-state index in [0.29, 0.717) is 25.3 Å². The minimum Gasteiger partial charge on any atom is -0.463 e. The summed E-state index contributed by atoms with van der Waals surface area (Å²) < 4.78 is 9.53. The lowest BCUT2D eigenvalue weighted by Gasteiger charge is -2.07. The van der Waals surface area contributed by atoms with Crippen molar-refractivity contribution in [2.75, 3.05) is 40.0 Å². The molecule has 0 aliphatic heterocycles. The lowest BCUT2D eigenvalue weighted by atomic mass is 10.3. The highest BCUT2D eigenvalue weighted by atomic mass is 16.5. The van der Waals surface area contributed by atoms with Crippen LogP contribution in [-0.2, 0) is 19.1 Å². The Kier molecular flexibility index (Phi) is 8.99. The molecule has 0 bridgehead atoms. The molecular formula is C11H20N2O4. The maximum absolute atomic E-state index is 11.2. The number of carbonyl (C=O) groups is 2. The van der Waals surface area contributed by atoms with E-state index in [1.165, 1.54) is 0 Å². The number of hydrogen-bond donors (Lipinski definition) is 2. The third kappa shape index (κ3) is 8.41. The van der Waals surface area contributed by atoms with Gasteiger partial charge in [0.1, 0.15) is 0 Å². The van der Waals surface area contributed by atoms with E-state index in [2.05, 4.69) is 17.2 Å². The van der Waals surface area contributed by atoms with Crippen LogP contribution in [0.5, 0.6) is 0 Å². The SMILES string of the molecule is C=C(CNCC(=O)NCCOC)C(=O)OCC. The molecule has 0 aromatic heterocycles. The Morgan fingerprint density at radius 2 is 2.00 bits per heavy atom. The zero-order chi connectivity index (χ0) is 13.1. The first-order valence-electron chi connectivity index (χ1n) is 5.43. The number of carbonyl (C=O) groups excluding carboxylic acids is 2. The number of ether oxygens (including phenoxy) is 2. The predicted octanol–water partition coefficient (Wildman–Crippen LogP) is -0.542. The van der Waals surface area contributed by atoms with Gasteiger partial charge in [0.15, 0.2) is 0 Å². The van der Waals surface area contributed by atoms with Crippen molar-refractivity contribution in [2.45, 2.75) is 6.92 Å². The van der Waals surface area contributed by atoms with Crippen LogP contribution in [0.1, 0.15) is 6.92 Å². The maximum Gasteiger partial charge on any atom is 0.334 e. The van der Waals surface area contributed by atoms with Crippen LogP contribution in [0.3, 0.4) is 0 Å². The summed E-state index contributed by atoms with van der Waals surface area (Å²) in [5.74, 6) is -0.599. The summed E-state index contributed by atoms with van der Waals surface area (Å²) in [4.78, 5) is 22.4. The molecule has 0 aromatic rings. The Morgan fingerprint density at radius 1 is 1.29 bits per heavy atom. The van der Waals surface area contributed by atoms with Gasteiger partial charge in [0.2, 0.25) is 5.91 Å². The molecule has 17 heavy (non-hydrogen) atoms. The van der Waals surface area contributed by atoms with Gasteiger partial charge in [-0.3, -0.25) is 4.79 Å². The van der Waals surface area contributed by atoms with Crippen molar-refractivity contribution in [2.24, 2.45) is 0 Å². The van der Waals surface area contributed by atoms with E-state index in [4.69, 9.17) is 9.47 Å². The fourth-order valence-corrected chi connectivity index (χ4v) is 0.987. The van der Waals surface area contributed by atoms with Crippen molar-refractivity contribution in [3.05, 3.63) is 12.2 Å². The normalized spacial score (nSPS) is 9.76. The molecule has 0 heterocycles. The lowest BCUT2D eigenvalue weighted by Crippen LogP contribution is -2.36. The van der Waals surface area contributed by atoms with Crippen LogP contribution in [0.4, 0.5) is 0 Å². The van der Waals surface area contributed by atoms with Crippen molar-refractivity contribution < 1.29 is 19.1 Å². The minimum atomic E-state index is -0.445. The molecule has 98 valence electrons. The van der Waals surface area contributed by atoms with E-state index in [-0.39, 0.29) is 19.0 Å². The fourth-order valence-electron chi connectivity index (χ4n) is 0.987. The standard InChI is InChI=1S/C11H20N2O4/c1-4-17-11(15)9(2)7-12-8-10(14)13-5-6-16-3/h12H,2,4-8H2,1,3H3,(H,13,14). The van der Waals surface area contributed by atoms with Crippen LogP contribution < -0.4 is 10.6 Å². The number of methoxy groups -OCH3 is 1. The van der Waals surface area contributed by atoms with Crippen molar-refractivity contribution in [3.8, 4) is 0 Å². The highest BCUT2D eigenvalue weighted by Gasteiger charge is 2.07. The van der Waals surface area contributed by atoms with E-state index >= 15 is 0 Å². The predicted molar refractivity (Wildman–Crippen MR) is 63.5 cm³/mol. The summed E-state index contributed by atoms with van der Waals surface area (Å²) in [5.41, 5.74) is 0.302. The highest BCUT2D eigenvalue weighted by molar-refractivity contribution is 5.88. The van der Waals surface area contributed by atoms with Gasteiger partial charge in [-0.15, -0.1) is 0 Å². The van der Waals surface area contributed by atoms with Crippen LogP contribution in [-0.4, -0.2) is 51.8 Å². The number of nitrogens with one attached hydrogen (secondary N) is 2. The number of esters is 1. The third-order valence-corrected chi connectivity index (χ3v) is 1.82. The van der Waals surface area contributed by atoms with E-state index < -0.39 is 5.97 Å². The summed E-state index contributed by atoms with van der Waals surface area (Å²) in [7, 11) is 1.56. The van der Waals surface area contributed by atoms with Crippen molar-refractivity contribution in [1.82, 2.24) is 10.6 Å². The average molecular weight is 244 g/mol. The van der Waals surface area contributed by atoms with Gasteiger partial charge in [0.05, 0.1) is 19.8 Å². The van der Waals surface area contributed by atoms with Crippen LogP contribution in [0, 0.1) is 0 Å². The summed E-state index contributed by atoms with van der Waals surface area (Å²) in [6.45, 7) is 6.90. The quantitative estimate of drug-likeness (QED) is 0.323.